The van der Waals surface area contributed by atoms with E-state index in [1.165, 1.54) is 5.56 Å². The Hall–Kier alpha value is -3.36. The number of tetrazole rings is 1. The Morgan fingerprint density at radius 1 is 1.14 bits per heavy atom. The lowest BCUT2D eigenvalue weighted by Crippen LogP contribution is -2.34. The summed E-state index contributed by atoms with van der Waals surface area (Å²) in [5.74, 6) is 0.800. The number of pyridine rings is 1. The van der Waals surface area contributed by atoms with Gasteiger partial charge >= 0.3 is 0 Å². The fourth-order valence-electron chi connectivity index (χ4n) is 4.56. The summed E-state index contributed by atoms with van der Waals surface area (Å²) in [4.78, 5) is 18.2. The molecule has 184 valence electrons. The van der Waals surface area contributed by atoms with Gasteiger partial charge in [0.15, 0.2) is 5.82 Å². The van der Waals surface area contributed by atoms with Gasteiger partial charge in [-0.25, -0.2) is 4.68 Å². The van der Waals surface area contributed by atoms with Crippen LogP contribution < -0.4 is 5.56 Å². The summed E-state index contributed by atoms with van der Waals surface area (Å²) in [5, 5.41) is 23.3. The predicted octanol–water partition coefficient (Wildman–Crippen LogP) is 3.79. The number of rotatable bonds is 12. The lowest BCUT2D eigenvalue weighted by atomic mass is 10.1. The number of fused-ring (bicyclic) bond motifs is 1. The molecule has 0 bridgehead atoms. The molecule has 35 heavy (non-hydrogen) atoms. The van der Waals surface area contributed by atoms with Crippen molar-refractivity contribution in [2.24, 2.45) is 0 Å². The van der Waals surface area contributed by atoms with Crippen LogP contribution in [0.2, 0.25) is 0 Å². The van der Waals surface area contributed by atoms with Crippen molar-refractivity contribution in [1.29, 1.82) is 0 Å². The summed E-state index contributed by atoms with van der Waals surface area (Å²) in [5.41, 5.74) is 3.83. The maximum atomic E-state index is 12.9. The second-order valence-corrected chi connectivity index (χ2v) is 9.06. The summed E-state index contributed by atoms with van der Waals surface area (Å²) in [6.07, 6.45) is 3.23. The number of aromatic amines is 1. The number of aliphatic hydroxyl groups is 1. The van der Waals surface area contributed by atoms with E-state index < -0.39 is 0 Å². The maximum Gasteiger partial charge on any atom is 0.252 e. The standard InChI is InChI=1S/C27H34N6O2/c1-3-8-25(26-29-30-31-33(26)15-13-21-9-5-4-6-10-21)32(14-7-16-34)19-23-18-22-17-20(2)11-12-24(22)28-27(23)35/h4-6,9-12,17-18,25,34H,3,7-8,13-16,19H2,1-2H3,(H,28,35). The van der Waals surface area contributed by atoms with Gasteiger partial charge in [0.1, 0.15) is 0 Å². The van der Waals surface area contributed by atoms with Crippen LogP contribution in [0.1, 0.15) is 54.7 Å². The van der Waals surface area contributed by atoms with Crippen LogP contribution in [-0.4, -0.2) is 48.3 Å². The van der Waals surface area contributed by atoms with Crippen LogP contribution in [0, 0.1) is 6.92 Å². The smallest absolute Gasteiger partial charge is 0.252 e. The van der Waals surface area contributed by atoms with Crippen LogP contribution in [0.3, 0.4) is 0 Å². The minimum absolute atomic E-state index is 0.0649. The summed E-state index contributed by atoms with van der Waals surface area (Å²) < 4.78 is 1.88. The first-order valence-electron chi connectivity index (χ1n) is 12.4. The van der Waals surface area contributed by atoms with E-state index in [2.05, 4.69) is 50.5 Å². The highest BCUT2D eigenvalue weighted by Crippen LogP contribution is 2.26. The Morgan fingerprint density at radius 3 is 2.74 bits per heavy atom. The Bertz CT molecular complexity index is 1280. The molecule has 2 aromatic heterocycles. The van der Waals surface area contributed by atoms with E-state index in [-0.39, 0.29) is 18.2 Å². The molecule has 1 unspecified atom stereocenters. The Labute approximate surface area is 205 Å². The number of benzene rings is 2. The van der Waals surface area contributed by atoms with Crippen molar-refractivity contribution >= 4 is 10.9 Å². The SMILES string of the molecule is CCCC(c1nnnn1CCc1ccccc1)N(CCCO)Cc1cc2cc(C)ccc2[nH]c1=O. The molecule has 0 saturated heterocycles. The molecule has 4 aromatic rings. The van der Waals surface area contributed by atoms with Gasteiger partial charge in [0.2, 0.25) is 0 Å². The second kappa shape index (κ2) is 11.9. The lowest BCUT2D eigenvalue weighted by Gasteiger charge is -2.30. The van der Waals surface area contributed by atoms with Crippen molar-refractivity contribution < 1.29 is 5.11 Å². The van der Waals surface area contributed by atoms with Gasteiger partial charge in [0.05, 0.1) is 6.04 Å². The van der Waals surface area contributed by atoms with Gasteiger partial charge < -0.3 is 10.1 Å². The summed E-state index contributed by atoms with van der Waals surface area (Å²) in [7, 11) is 0. The molecule has 8 heteroatoms. The van der Waals surface area contributed by atoms with Gasteiger partial charge in [-0.15, -0.1) is 5.10 Å². The number of nitrogens with one attached hydrogen (secondary N) is 1. The summed E-state index contributed by atoms with van der Waals surface area (Å²) in [6.45, 7) is 6.04. The third-order valence-corrected chi connectivity index (χ3v) is 6.37. The highest BCUT2D eigenvalue weighted by atomic mass is 16.3. The first-order valence-corrected chi connectivity index (χ1v) is 12.4. The second-order valence-electron chi connectivity index (χ2n) is 9.06. The molecule has 0 spiro atoms. The number of H-pyrrole nitrogens is 1. The number of nitrogens with zero attached hydrogens (tertiary/aromatic N) is 5. The third-order valence-electron chi connectivity index (χ3n) is 6.37. The minimum Gasteiger partial charge on any atom is -0.396 e. The maximum absolute atomic E-state index is 12.9. The van der Waals surface area contributed by atoms with Crippen molar-refractivity contribution in [2.45, 2.75) is 58.7 Å². The third kappa shape index (κ3) is 6.21. The first-order chi connectivity index (χ1) is 17.1. The molecule has 2 heterocycles. The van der Waals surface area contributed by atoms with Crippen molar-refractivity contribution in [1.82, 2.24) is 30.1 Å². The molecule has 0 fully saturated rings. The number of aryl methyl sites for hydroxylation is 3. The number of hydrogen-bond acceptors (Lipinski definition) is 6. The highest BCUT2D eigenvalue weighted by molar-refractivity contribution is 5.79. The topological polar surface area (TPSA) is 99.9 Å². The highest BCUT2D eigenvalue weighted by Gasteiger charge is 2.26. The molecule has 1 atom stereocenters. The summed E-state index contributed by atoms with van der Waals surface area (Å²) in [6, 6.07) is 18.2. The van der Waals surface area contributed by atoms with E-state index in [0.29, 0.717) is 31.6 Å². The molecule has 8 nitrogen and oxygen atoms in total. The predicted molar refractivity (Wildman–Crippen MR) is 137 cm³/mol. The van der Waals surface area contributed by atoms with Gasteiger partial charge in [0.25, 0.3) is 5.56 Å². The van der Waals surface area contributed by atoms with Gasteiger partial charge in [-0.2, -0.15) is 0 Å². The van der Waals surface area contributed by atoms with Gasteiger partial charge in [-0.3, -0.25) is 9.69 Å². The fraction of sp³-hybridized carbons (Fsp3) is 0.407. The average Bonchev–Trinajstić information content (AvgIpc) is 3.33. The quantitative estimate of drug-likeness (QED) is 0.324. The molecule has 2 aromatic carbocycles. The number of hydrogen-bond donors (Lipinski definition) is 2. The monoisotopic (exact) mass is 474 g/mol. The zero-order chi connectivity index (χ0) is 24.6. The lowest BCUT2D eigenvalue weighted by molar-refractivity contribution is 0.147. The van der Waals surface area contributed by atoms with Crippen LogP contribution in [-0.2, 0) is 19.5 Å². The zero-order valence-electron chi connectivity index (χ0n) is 20.5. The van der Waals surface area contributed by atoms with E-state index in [1.54, 1.807) is 0 Å². The van der Waals surface area contributed by atoms with E-state index in [4.69, 9.17) is 0 Å². The van der Waals surface area contributed by atoms with Crippen LogP contribution in [0.25, 0.3) is 10.9 Å². The van der Waals surface area contributed by atoms with Crippen molar-refractivity contribution in [3.63, 3.8) is 0 Å². The molecule has 0 saturated carbocycles. The van der Waals surface area contributed by atoms with Gasteiger partial charge in [-0.05, 0) is 65.8 Å². The van der Waals surface area contributed by atoms with Crippen LogP contribution >= 0.6 is 0 Å². The minimum atomic E-state index is -0.0886. The number of aliphatic hydroxyl groups excluding tert-OH is 1. The van der Waals surface area contributed by atoms with Crippen molar-refractivity contribution in [2.75, 3.05) is 13.2 Å². The molecule has 4 rings (SSSR count). The van der Waals surface area contributed by atoms with Crippen molar-refractivity contribution in [3.05, 3.63) is 87.5 Å². The summed E-state index contributed by atoms with van der Waals surface area (Å²) >= 11 is 0. The first kappa shape index (κ1) is 24.8. The average molecular weight is 475 g/mol. The van der Waals surface area contributed by atoms with Crippen LogP contribution in [0.4, 0.5) is 0 Å². The van der Waals surface area contributed by atoms with E-state index >= 15 is 0 Å². The molecule has 0 aliphatic heterocycles. The molecular formula is C27H34N6O2. The molecule has 0 aliphatic carbocycles. The molecular weight excluding hydrogens is 440 g/mol. The Kier molecular flexibility index (Phi) is 8.39. The van der Waals surface area contributed by atoms with E-state index in [1.807, 2.05) is 48.0 Å². The van der Waals surface area contributed by atoms with Crippen molar-refractivity contribution in [3.8, 4) is 0 Å². The normalized spacial score (nSPS) is 12.5. The Morgan fingerprint density at radius 2 is 1.97 bits per heavy atom. The van der Waals surface area contributed by atoms with Gasteiger partial charge in [0, 0.05) is 37.3 Å². The van der Waals surface area contributed by atoms with E-state index in [9.17, 15) is 9.90 Å². The molecule has 0 aliphatic rings. The molecule has 0 radical (unpaired) electrons. The van der Waals surface area contributed by atoms with Crippen LogP contribution in [0.5, 0.6) is 0 Å². The van der Waals surface area contributed by atoms with Crippen LogP contribution in [0.15, 0.2) is 59.4 Å². The largest absolute Gasteiger partial charge is 0.396 e. The Balaban J connectivity index is 1.63. The zero-order valence-corrected chi connectivity index (χ0v) is 20.5. The van der Waals surface area contributed by atoms with E-state index in [0.717, 1.165) is 41.6 Å². The van der Waals surface area contributed by atoms with Gasteiger partial charge in [-0.1, -0.05) is 55.3 Å². The molecule has 2 N–H and O–H groups in total. The fourth-order valence-corrected chi connectivity index (χ4v) is 4.56. The molecule has 0 amide bonds. The number of aromatic nitrogens is 5.